The third kappa shape index (κ3) is 25.3. The number of carbonyl (C=O) groups is 4. The Hall–Kier alpha value is -1.96. The van der Waals surface area contributed by atoms with Crippen molar-refractivity contribution < 1.29 is 39.6 Å². The number of aliphatic carboxylic acids is 3. The molecule has 4 N–H and O–H groups in total. The summed E-state index contributed by atoms with van der Waals surface area (Å²) in [6.45, 7) is 14.6. The van der Waals surface area contributed by atoms with Crippen LogP contribution in [0.4, 0.5) is 0 Å². The zero-order valence-corrected chi connectivity index (χ0v) is 43.2. The van der Waals surface area contributed by atoms with Crippen molar-refractivity contribution in [2.45, 2.75) is 304 Å². The quantitative estimate of drug-likeness (QED) is 0.0348. The summed E-state index contributed by atoms with van der Waals surface area (Å²) in [7, 11) is 0. The second-order valence-electron chi connectivity index (χ2n) is 21.6. The van der Waals surface area contributed by atoms with Crippen molar-refractivity contribution in [3.63, 3.8) is 0 Å². The fourth-order valence-corrected chi connectivity index (χ4v) is 10.3. The van der Waals surface area contributed by atoms with Gasteiger partial charge in [0.25, 0.3) is 0 Å². The van der Waals surface area contributed by atoms with E-state index < -0.39 is 46.5 Å². The largest absolute Gasteiger partial charge is 0.481 e. The van der Waals surface area contributed by atoms with Crippen molar-refractivity contribution in [2.24, 2.45) is 28.6 Å². The first-order valence-electron chi connectivity index (χ1n) is 27.5. The monoisotopic (exact) mass is 907 g/mol. The number of carboxylic acids is 3. The Bertz CT molecular complexity index is 1130. The lowest BCUT2D eigenvalue weighted by atomic mass is 9.52. The molecule has 0 saturated heterocycles. The molecule has 0 amide bonds. The molecule has 0 aromatic heterocycles. The average molecular weight is 907 g/mol. The van der Waals surface area contributed by atoms with Crippen molar-refractivity contribution in [3.8, 4) is 0 Å². The maximum Gasteiger partial charge on any atom is 0.338 e. The number of hydrogen-bond acceptors (Lipinski definition) is 5. The van der Waals surface area contributed by atoms with Gasteiger partial charge in [-0.3, -0.25) is 14.4 Å². The zero-order valence-electron chi connectivity index (χ0n) is 43.2. The highest BCUT2D eigenvalue weighted by Gasteiger charge is 2.74. The number of ketones is 1. The van der Waals surface area contributed by atoms with Gasteiger partial charge < -0.3 is 20.4 Å². The van der Waals surface area contributed by atoms with Gasteiger partial charge in [-0.15, -0.1) is 0 Å². The summed E-state index contributed by atoms with van der Waals surface area (Å²) in [5.74, 6) is -3.92. The van der Waals surface area contributed by atoms with Crippen LogP contribution in [0, 0.1) is 28.6 Å². The summed E-state index contributed by atoms with van der Waals surface area (Å²) in [6, 6.07) is 0. The molecule has 8 nitrogen and oxygen atoms in total. The average Bonchev–Trinajstić information content (AvgIpc) is 3.22. The highest BCUT2D eigenvalue weighted by molar-refractivity contribution is 6.10. The van der Waals surface area contributed by atoms with Crippen LogP contribution in [0.3, 0.4) is 0 Å². The van der Waals surface area contributed by atoms with Gasteiger partial charge in [0.2, 0.25) is 5.60 Å². The van der Waals surface area contributed by atoms with E-state index in [0.717, 1.165) is 102 Å². The lowest BCUT2D eigenvalue weighted by Gasteiger charge is -2.50. The van der Waals surface area contributed by atoms with E-state index >= 15 is 0 Å². The number of aliphatic hydroxyl groups is 1. The van der Waals surface area contributed by atoms with Gasteiger partial charge in [0, 0.05) is 0 Å². The smallest absolute Gasteiger partial charge is 0.338 e. The number of carbonyl (C=O) groups excluding carboxylic acids is 1. The summed E-state index contributed by atoms with van der Waals surface area (Å²) < 4.78 is 0. The first-order chi connectivity index (χ1) is 30.5. The van der Waals surface area contributed by atoms with Crippen molar-refractivity contribution in [3.05, 3.63) is 0 Å². The first-order valence-corrected chi connectivity index (χ1v) is 27.5. The van der Waals surface area contributed by atoms with E-state index in [-0.39, 0.29) is 19.3 Å². The molecule has 64 heavy (non-hydrogen) atoms. The SMILES string of the molecule is CC(=O)C(CCCCCCCCCCCCCC(C)C)(C(=O)O)C(O)(C(=O)O)C(CCCCCCCCCCCCCC(C)C)(CCCCCCCCCCCCCC(C)C)C(=O)O. The van der Waals surface area contributed by atoms with Crippen molar-refractivity contribution in [1.82, 2.24) is 0 Å². The van der Waals surface area contributed by atoms with Crippen LogP contribution in [0.5, 0.6) is 0 Å². The van der Waals surface area contributed by atoms with E-state index in [9.17, 15) is 39.6 Å². The summed E-state index contributed by atoms with van der Waals surface area (Å²) in [5, 5.41) is 45.6. The highest BCUT2D eigenvalue weighted by atomic mass is 16.4. The number of Topliss-reactive ketones (excluding diaryl/α,β-unsaturated/α-hetero) is 1. The van der Waals surface area contributed by atoms with Crippen molar-refractivity contribution in [1.29, 1.82) is 0 Å². The summed E-state index contributed by atoms with van der Waals surface area (Å²) in [4.78, 5) is 54.3. The van der Waals surface area contributed by atoms with E-state index in [0.29, 0.717) is 32.1 Å². The molecule has 2 atom stereocenters. The van der Waals surface area contributed by atoms with Gasteiger partial charge in [0.15, 0.2) is 11.2 Å². The molecule has 0 aliphatic carbocycles. The number of hydrogen-bond donors (Lipinski definition) is 4. The molecule has 378 valence electrons. The van der Waals surface area contributed by atoms with Gasteiger partial charge in [0.05, 0.1) is 0 Å². The maximum absolute atomic E-state index is 13.7. The minimum Gasteiger partial charge on any atom is -0.481 e. The molecule has 0 saturated carbocycles. The fraction of sp³-hybridized carbons (Fsp3) is 0.929. The van der Waals surface area contributed by atoms with Crippen LogP contribution in [0.1, 0.15) is 299 Å². The Kier molecular flexibility index (Phi) is 36.9. The predicted molar refractivity (Wildman–Crippen MR) is 268 cm³/mol. The maximum atomic E-state index is 13.7. The molecule has 2 unspecified atom stereocenters. The van der Waals surface area contributed by atoms with Crippen LogP contribution in [0.15, 0.2) is 0 Å². The molecule has 0 aromatic carbocycles. The first kappa shape index (κ1) is 62.0. The Labute approximate surface area is 395 Å². The minimum atomic E-state index is -3.33. The number of rotatable bonds is 48. The molecule has 0 fully saturated rings. The Morgan fingerprint density at radius 3 is 0.734 bits per heavy atom. The van der Waals surface area contributed by atoms with E-state index in [2.05, 4.69) is 41.5 Å². The van der Waals surface area contributed by atoms with Gasteiger partial charge in [-0.2, -0.15) is 0 Å². The van der Waals surface area contributed by atoms with Crippen molar-refractivity contribution in [2.75, 3.05) is 0 Å². The van der Waals surface area contributed by atoms with Gasteiger partial charge in [-0.25, -0.2) is 4.79 Å². The number of unbranched alkanes of at least 4 members (excludes halogenated alkanes) is 30. The van der Waals surface area contributed by atoms with Gasteiger partial charge in [-0.1, -0.05) is 273 Å². The summed E-state index contributed by atoms with van der Waals surface area (Å²) >= 11 is 0. The Morgan fingerprint density at radius 2 is 0.547 bits per heavy atom. The minimum absolute atomic E-state index is 0.196. The van der Waals surface area contributed by atoms with Gasteiger partial charge in [0.1, 0.15) is 5.41 Å². The second kappa shape index (κ2) is 38.1. The Balaban J connectivity index is 5.74. The molecule has 8 heteroatoms. The van der Waals surface area contributed by atoms with Crippen LogP contribution >= 0.6 is 0 Å². The second-order valence-corrected chi connectivity index (χ2v) is 21.6. The molecule has 0 aliphatic rings. The Morgan fingerprint density at radius 1 is 0.328 bits per heavy atom. The van der Waals surface area contributed by atoms with E-state index in [1.54, 1.807) is 0 Å². The van der Waals surface area contributed by atoms with Gasteiger partial charge in [-0.05, 0) is 43.9 Å². The van der Waals surface area contributed by atoms with E-state index in [1.807, 2.05) is 0 Å². The van der Waals surface area contributed by atoms with Crippen LogP contribution in [0.25, 0.3) is 0 Å². The standard InChI is InChI=1S/C56H106O8/c1-47(2)41-35-29-23-17-11-8-14-20-26-32-38-44-54(51(58)59,45-39-33-27-21-15-9-12-18-24-30-36-42-48(3)4)56(64,53(62)63)55(50(7)57,52(60)61)46-40-34-28-22-16-10-13-19-25-31-37-43-49(5)6/h47-49,64H,8-46H2,1-7H3,(H,58,59)(H,60,61)(H,62,63). The van der Waals surface area contributed by atoms with Crippen LogP contribution in [-0.2, 0) is 19.2 Å². The van der Waals surface area contributed by atoms with Crippen LogP contribution < -0.4 is 0 Å². The molecule has 0 spiro atoms. The molecule has 0 aliphatic heterocycles. The normalized spacial score (nSPS) is 14.0. The third-order valence-corrected chi connectivity index (χ3v) is 14.6. The molecule has 0 rings (SSSR count). The molecule has 0 radical (unpaired) electrons. The highest BCUT2D eigenvalue weighted by Crippen LogP contribution is 2.54. The summed E-state index contributed by atoms with van der Waals surface area (Å²) in [5.41, 5.74) is -8.47. The predicted octanol–water partition coefficient (Wildman–Crippen LogP) is 16.7. The molecule has 0 heterocycles. The lowest BCUT2D eigenvalue weighted by molar-refractivity contribution is -0.223. The number of carboxylic acid groups (broad SMARTS) is 3. The zero-order chi connectivity index (χ0) is 48.1. The molecule has 0 aromatic rings. The van der Waals surface area contributed by atoms with E-state index in [1.165, 1.54) is 116 Å². The third-order valence-electron chi connectivity index (χ3n) is 14.6. The van der Waals surface area contributed by atoms with Crippen molar-refractivity contribution >= 4 is 23.7 Å². The molecular weight excluding hydrogens is 801 g/mol. The molecular formula is C56H106O8. The van der Waals surface area contributed by atoms with Crippen LogP contribution in [0.2, 0.25) is 0 Å². The lowest BCUT2D eigenvalue weighted by Crippen LogP contribution is -2.71. The topological polar surface area (TPSA) is 149 Å². The summed E-state index contributed by atoms with van der Waals surface area (Å²) in [6.07, 6.45) is 36.7. The molecule has 0 bridgehead atoms. The van der Waals surface area contributed by atoms with E-state index in [4.69, 9.17) is 0 Å². The van der Waals surface area contributed by atoms with Crippen LogP contribution in [-0.4, -0.2) is 49.7 Å². The van der Waals surface area contributed by atoms with Gasteiger partial charge >= 0.3 is 17.9 Å². The fourth-order valence-electron chi connectivity index (χ4n) is 10.3.